The minimum Gasteiger partial charge on any atom is -0.482 e. The summed E-state index contributed by atoms with van der Waals surface area (Å²) in [6.45, 7) is 6.63. The standard InChI is InChI=1S/C27H30N2O9/c1-5-36-22(31)15-37-19-12-10-16(11-13-19)21(30)14-20(25(33)34)23(32)17-6-8-18(9-7-17)24(28)29-26(35)38-27(2,3)4/h6-13,20H,5,14-15H2,1-4H3,(H,33,34)(H2,28,29,35)/t20-/m0/s1. The third kappa shape index (κ3) is 9.16. The predicted molar refractivity (Wildman–Crippen MR) is 136 cm³/mol. The van der Waals surface area contributed by atoms with Gasteiger partial charge in [-0.1, -0.05) is 24.3 Å². The molecular formula is C27H30N2O9. The average molecular weight is 527 g/mol. The summed E-state index contributed by atoms with van der Waals surface area (Å²) in [4.78, 5) is 60.6. The molecule has 0 fully saturated rings. The van der Waals surface area contributed by atoms with Gasteiger partial charge in [-0.2, -0.15) is 0 Å². The van der Waals surface area contributed by atoms with Gasteiger partial charge < -0.3 is 19.3 Å². The number of carbonyl (C=O) groups is 5. The number of benzene rings is 2. The lowest BCUT2D eigenvalue weighted by atomic mass is 9.90. The van der Waals surface area contributed by atoms with Crippen LogP contribution in [0, 0.1) is 11.3 Å². The largest absolute Gasteiger partial charge is 0.482 e. The highest BCUT2D eigenvalue weighted by Crippen LogP contribution is 2.19. The van der Waals surface area contributed by atoms with Crippen LogP contribution in [0.1, 0.15) is 60.4 Å². The van der Waals surface area contributed by atoms with Gasteiger partial charge in [0.05, 0.1) is 6.61 Å². The second kappa shape index (κ2) is 13.1. The Hall–Kier alpha value is -4.54. The van der Waals surface area contributed by atoms with Gasteiger partial charge in [0.15, 0.2) is 18.2 Å². The summed E-state index contributed by atoms with van der Waals surface area (Å²) in [6, 6.07) is 11.1. The summed E-state index contributed by atoms with van der Waals surface area (Å²) in [5.74, 6) is -4.93. The first-order valence-electron chi connectivity index (χ1n) is 11.7. The molecule has 0 aliphatic rings. The van der Waals surface area contributed by atoms with Gasteiger partial charge in [-0.05, 0) is 52.0 Å². The van der Waals surface area contributed by atoms with Crippen molar-refractivity contribution in [1.82, 2.24) is 5.32 Å². The summed E-state index contributed by atoms with van der Waals surface area (Å²) in [7, 11) is 0. The smallest absolute Gasteiger partial charge is 0.413 e. The number of rotatable bonds is 11. The number of carboxylic acid groups (broad SMARTS) is 1. The number of ketones is 2. The van der Waals surface area contributed by atoms with Crippen molar-refractivity contribution in [3.05, 3.63) is 65.2 Å². The van der Waals surface area contributed by atoms with Crippen molar-refractivity contribution >= 4 is 35.4 Å². The maximum absolute atomic E-state index is 12.9. The van der Waals surface area contributed by atoms with E-state index in [-0.39, 0.29) is 35.7 Å². The molecule has 0 aliphatic carbocycles. The van der Waals surface area contributed by atoms with Crippen LogP contribution in [0.3, 0.4) is 0 Å². The van der Waals surface area contributed by atoms with Gasteiger partial charge in [0.25, 0.3) is 0 Å². The number of carbonyl (C=O) groups excluding carboxylic acids is 4. The molecule has 0 aliphatic heterocycles. The summed E-state index contributed by atoms with van der Waals surface area (Å²) in [6.07, 6.45) is -1.39. The zero-order valence-corrected chi connectivity index (χ0v) is 21.5. The zero-order valence-electron chi connectivity index (χ0n) is 21.5. The summed E-state index contributed by atoms with van der Waals surface area (Å²) in [5, 5.41) is 19.9. The van der Waals surface area contributed by atoms with Crippen molar-refractivity contribution in [2.75, 3.05) is 13.2 Å². The topological polar surface area (TPSA) is 169 Å². The molecule has 2 rings (SSSR count). The molecule has 3 N–H and O–H groups in total. The van der Waals surface area contributed by atoms with Crippen LogP contribution in [0.25, 0.3) is 0 Å². The molecule has 11 nitrogen and oxygen atoms in total. The number of nitrogens with one attached hydrogen (secondary N) is 2. The van der Waals surface area contributed by atoms with E-state index in [1.165, 1.54) is 48.5 Å². The van der Waals surface area contributed by atoms with E-state index >= 15 is 0 Å². The van der Waals surface area contributed by atoms with Crippen LogP contribution < -0.4 is 10.1 Å². The van der Waals surface area contributed by atoms with Crippen molar-refractivity contribution in [2.24, 2.45) is 5.92 Å². The SMILES string of the molecule is CCOC(=O)COc1ccc(C(=O)C[C@H](C(=O)O)C(=O)c2ccc(C(=N)NC(=O)OC(C)(C)C)cc2)cc1. The monoisotopic (exact) mass is 526 g/mol. The van der Waals surface area contributed by atoms with Crippen molar-refractivity contribution < 1.29 is 43.3 Å². The fraction of sp³-hybridized carbons (Fsp3) is 0.333. The Morgan fingerprint density at radius 3 is 2.00 bits per heavy atom. The van der Waals surface area contributed by atoms with Crippen molar-refractivity contribution in [3.63, 3.8) is 0 Å². The van der Waals surface area contributed by atoms with Gasteiger partial charge in [-0.25, -0.2) is 9.59 Å². The molecular weight excluding hydrogens is 496 g/mol. The van der Waals surface area contributed by atoms with Crippen molar-refractivity contribution in [2.45, 2.75) is 39.7 Å². The molecule has 0 heterocycles. The normalized spacial score (nSPS) is 11.6. The maximum atomic E-state index is 12.9. The van der Waals surface area contributed by atoms with Crippen LogP contribution in [-0.4, -0.2) is 59.4 Å². The van der Waals surface area contributed by atoms with Gasteiger partial charge in [-0.3, -0.25) is 25.1 Å². The fourth-order valence-electron chi connectivity index (χ4n) is 3.16. The number of carboxylic acids is 1. The Bertz CT molecular complexity index is 1200. The number of hydrogen-bond acceptors (Lipinski definition) is 9. The van der Waals surface area contributed by atoms with Gasteiger partial charge in [0.1, 0.15) is 23.1 Å². The highest BCUT2D eigenvalue weighted by Gasteiger charge is 2.30. The van der Waals surface area contributed by atoms with E-state index in [2.05, 4.69) is 5.32 Å². The minimum absolute atomic E-state index is 0.0294. The van der Waals surface area contributed by atoms with Crippen LogP contribution in [0.15, 0.2) is 48.5 Å². The minimum atomic E-state index is -1.63. The molecule has 1 amide bonds. The second-order valence-electron chi connectivity index (χ2n) is 9.08. The lowest BCUT2D eigenvalue weighted by Gasteiger charge is -2.19. The number of alkyl carbamates (subject to hydrolysis) is 1. The first-order valence-corrected chi connectivity index (χ1v) is 11.7. The molecule has 2 aromatic carbocycles. The number of ether oxygens (including phenoxy) is 3. The lowest BCUT2D eigenvalue weighted by molar-refractivity contribution is -0.145. The Morgan fingerprint density at radius 1 is 0.921 bits per heavy atom. The molecule has 0 saturated heterocycles. The quantitative estimate of drug-likeness (QED) is 0.130. The molecule has 202 valence electrons. The summed E-state index contributed by atoms with van der Waals surface area (Å²) < 4.78 is 15.1. The molecule has 0 bridgehead atoms. The molecule has 0 saturated carbocycles. The summed E-state index contributed by atoms with van der Waals surface area (Å²) >= 11 is 0. The molecule has 0 spiro atoms. The number of amides is 1. The molecule has 11 heteroatoms. The molecule has 1 atom stereocenters. The van der Waals surface area contributed by atoms with E-state index < -0.39 is 47.5 Å². The van der Waals surface area contributed by atoms with Gasteiger partial charge in [-0.15, -0.1) is 0 Å². The number of esters is 1. The lowest BCUT2D eigenvalue weighted by Crippen LogP contribution is -2.36. The molecule has 2 aromatic rings. The Morgan fingerprint density at radius 2 is 1.47 bits per heavy atom. The van der Waals surface area contributed by atoms with Crippen LogP contribution in [0.5, 0.6) is 5.75 Å². The highest BCUT2D eigenvalue weighted by molar-refractivity contribution is 6.12. The van der Waals surface area contributed by atoms with Crippen LogP contribution >= 0.6 is 0 Å². The fourth-order valence-corrected chi connectivity index (χ4v) is 3.16. The van der Waals surface area contributed by atoms with E-state index in [1.807, 2.05) is 0 Å². The molecule has 38 heavy (non-hydrogen) atoms. The van der Waals surface area contributed by atoms with Gasteiger partial charge in [0, 0.05) is 23.1 Å². The summed E-state index contributed by atoms with van der Waals surface area (Å²) in [5.41, 5.74) is -0.281. The second-order valence-corrected chi connectivity index (χ2v) is 9.08. The third-order valence-electron chi connectivity index (χ3n) is 4.93. The van der Waals surface area contributed by atoms with Crippen molar-refractivity contribution in [3.8, 4) is 5.75 Å². The number of aliphatic carboxylic acids is 1. The molecule has 0 aromatic heterocycles. The number of Topliss-reactive ketones (excluding diaryl/α,β-unsaturated/α-hetero) is 2. The van der Waals surface area contributed by atoms with E-state index in [9.17, 15) is 29.1 Å². The maximum Gasteiger partial charge on any atom is 0.413 e. The number of hydrogen-bond donors (Lipinski definition) is 3. The zero-order chi connectivity index (χ0) is 28.5. The van der Waals surface area contributed by atoms with E-state index in [4.69, 9.17) is 19.6 Å². The Balaban J connectivity index is 2.04. The third-order valence-corrected chi connectivity index (χ3v) is 4.93. The van der Waals surface area contributed by atoms with Gasteiger partial charge in [0.2, 0.25) is 0 Å². The van der Waals surface area contributed by atoms with E-state index in [1.54, 1.807) is 27.7 Å². The predicted octanol–water partition coefficient (Wildman–Crippen LogP) is 3.64. The first-order chi connectivity index (χ1) is 17.8. The molecule has 0 unspecified atom stereocenters. The van der Waals surface area contributed by atoms with Crippen molar-refractivity contribution in [1.29, 1.82) is 5.41 Å². The Kier molecular flexibility index (Phi) is 10.3. The van der Waals surface area contributed by atoms with Gasteiger partial charge >= 0.3 is 18.0 Å². The number of amidine groups is 1. The van der Waals surface area contributed by atoms with Crippen LogP contribution in [0.2, 0.25) is 0 Å². The average Bonchev–Trinajstić information content (AvgIpc) is 2.84. The van der Waals surface area contributed by atoms with E-state index in [0.717, 1.165) is 0 Å². The van der Waals surface area contributed by atoms with Crippen LogP contribution in [0.4, 0.5) is 4.79 Å². The highest BCUT2D eigenvalue weighted by atomic mass is 16.6. The first kappa shape index (κ1) is 29.7. The van der Waals surface area contributed by atoms with E-state index in [0.29, 0.717) is 5.75 Å². The van der Waals surface area contributed by atoms with Crippen LogP contribution in [-0.2, 0) is 19.1 Å². The Labute approximate surface area is 219 Å². The molecule has 0 radical (unpaired) electrons.